The maximum Gasteiger partial charge on any atom is 0.107 e. The van der Waals surface area contributed by atoms with E-state index in [1.807, 2.05) is 25.1 Å². The van der Waals surface area contributed by atoms with Gasteiger partial charge in [0.2, 0.25) is 0 Å². The molecule has 0 aliphatic carbocycles. The zero-order chi connectivity index (χ0) is 13.5. The van der Waals surface area contributed by atoms with Crippen LogP contribution in [0.3, 0.4) is 0 Å². The number of aromatic nitrogens is 1. The van der Waals surface area contributed by atoms with Crippen molar-refractivity contribution in [2.75, 3.05) is 18.1 Å². The number of rotatable bonds is 7. The normalized spacial score (nSPS) is 12.5. The van der Waals surface area contributed by atoms with Crippen LogP contribution in [0.15, 0.2) is 35.7 Å². The smallest absolute Gasteiger partial charge is 0.107 e. The lowest BCUT2D eigenvalue weighted by Gasteiger charge is -2.01. The van der Waals surface area contributed by atoms with Crippen LogP contribution < -0.4 is 5.32 Å². The largest absolute Gasteiger partial charge is 0.310 e. The third-order valence-corrected chi connectivity index (χ3v) is 4.88. The summed E-state index contributed by atoms with van der Waals surface area (Å²) in [5, 5.41) is 6.44. The van der Waals surface area contributed by atoms with Crippen molar-refractivity contribution in [1.29, 1.82) is 0 Å². The van der Waals surface area contributed by atoms with E-state index in [0.29, 0.717) is 5.75 Å². The van der Waals surface area contributed by atoms with Crippen LogP contribution in [0.4, 0.5) is 0 Å². The van der Waals surface area contributed by atoms with Crippen LogP contribution in [0.5, 0.6) is 0 Å². The maximum atomic E-state index is 11.3. The molecule has 3 nitrogen and oxygen atoms in total. The van der Waals surface area contributed by atoms with Gasteiger partial charge in [0.1, 0.15) is 5.01 Å². The minimum absolute atomic E-state index is 0.689. The number of benzene rings is 1. The highest BCUT2D eigenvalue weighted by atomic mass is 32.2. The van der Waals surface area contributed by atoms with Gasteiger partial charge in [0, 0.05) is 46.3 Å². The molecule has 102 valence electrons. The van der Waals surface area contributed by atoms with E-state index in [9.17, 15) is 4.21 Å². The molecule has 2 aromatic rings. The maximum absolute atomic E-state index is 11.3. The van der Waals surface area contributed by atoms with Gasteiger partial charge in [-0.1, -0.05) is 37.3 Å². The van der Waals surface area contributed by atoms with Crippen LogP contribution in [0.2, 0.25) is 0 Å². The first-order valence-corrected chi connectivity index (χ1v) is 8.72. The van der Waals surface area contributed by atoms with Crippen LogP contribution >= 0.6 is 11.3 Å². The second-order valence-corrected chi connectivity index (χ2v) is 6.91. The summed E-state index contributed by atoms with van der Waals surface area (Å²) in [4.78, 5) is 4.60. The zero-order valence-corrected chi connectivity index (χ0v) is 12.6. The molecule has 19 heavy (non-hydrogen) atoms. The van der Waals surface area contributed by atoms with Crippen LogP contribution in [0.25, 0.3) is 11.3 Å². The zero-order valence-electron chi connectivity index (χ0n) is 11.0. The molecule has 1 N–H and O–H groups in total. The molecule has 0 amide bonds. The standard InChI is InChI=1S/C14H18N2OS2/c1-2-19(17)9-8-15-10-14-16-13(11-18-14)12-6-4-3-5-7-12/h3-7,11,15H,2,8-10H2,1H3. The minimum atomic E-state index is -0.689. The van der Waals surface area contributed by atoms with Gasteiger partial charge in [-0.25, -0.2) is 4.98 Å². The van der Waals surface area contributed by atoms with Gasteiger partial charge in [-0.2, -0.15) is 0 Å². The fourth-order valence-electron chi connectivity index (χ4n) is 1.66. The van der Waals surface area contributed by atoms with Crippen molar-refractivity contribution in [3.05, 3.63) is 40.7 Å². The predicted octanol–water partition coefficient (Wildman–Crippen LogP) is 2.67. The molecule has 1 unspecified atom stereocenters. The minimum Gasteiger partial charge on any atom is -0.310 e. The van der Waals surface area contributed by atoms with E-state index in [1.165, 1.54) is 0 Å². The highest BCUT2D eigenvalue weighted by molar-refractivity contribution is 7.84. The van der Waals surface area contributed by atoms with Crippen molar-refractivity contribution in [3.63, 3.8) is 0 Å². The van der Waals surface area contributed by atoms with Gasteiger partial charge < -0.3 is 5.32 Å². The first-order chi connectivity index (χ1) is 9.29. The van der Waals surface area contributed by atoms with E-state index < -0.39 is 10.8 Å². The Labute approximate surface area is 120 Å². The third-order valence-electron chi connectivity index (χ3n) is 2.73. The average molecular weight is 294 g/mol. The highest BCUT2D eigenvalue weighted by Gasteiger charge is 2.04. The molecular formula is C14H18N2OS2. The lowest BCUT2D eigenvalue weighted by molar-refractivity contribution is 0.673. The topological polar surface area (TPSA) is 42.0 Å². The SMILES string of the molecule is CCS(=O)CCNCc1nc(-c2ccccc2)cs1. The summed E-state index contributed by atoms with van der Waals surface area (Å²) in [5.74, 6) is 1.45. The van der Waals surface area contributed by atoms with Crippen molar-refractivity contribution in [3.8, 4) is 11.3 Å². The molecule has 1 atom stereocenters. The van der Waals surface area contributed by atoms with Crippen molar-refractivity contribution >= 4 is 22.1 Å². The summed E-state index contributed by atoms with van der Waals surface area (Å²) in [6.45, 7) is 3.47. The van der Waals surface area contributed by atoms with Crippen molar-refractivity contribution < 1.29 is 4.21 Å². The molecule has 0 aliphatic heterocycles. The summed E-state index contributed by atoms with van der Waals surface area (Å²) in [7, 11) is -0.689. The molecule has 1 aromatic carbocycles. The Morgan fingerprint density at radius 2 is 2.11 bits per heavy atom. The number of nitrogens with one attached hydrogen (secondary N) is 1. The molecule has 0 saturated carbocycles. The molecule has 0 aliphatic rings. The van der Waals surface area contributed by atoms with Crippen molar-refractivity contribution in [2.45, 2.75) is 13.5 Å². The monoisotopic (exact) mass is 294 g/mol. The molecule has 0 fully saturated rings. The van der Waals surface area contributed by atoms with Gasteiger partial charge >= 0.3 is 0 Å². The van der Waals surface area contributed by atoms with E-state index in [2.05, 4.69) is 27.8 Å². The molecule has 0 saturated heterocycles. The van der Waals surface area contributed by atoms with Crippen molar-refractivity contribution in [2.24, 2.45) is 0 Å². The number of thiazole rings is 1. The second kappa shape index (κ2) is 7.53. The molecule has 0 bridgehead atoms. The second-order valence-electron chi connectivity index (χ2n) is 4.10. The van der Waals surface area contributed by atoms with Crippen LogP contribution in [0.1, 0.15) is 11.9 Å². The number of hydrogen-bond donors (Lipinski definition) is 1. The van der Waals surface area contributed by atoms with Gasteiger partial charge in [0.25, 0.3) is 0 Å². The Morgan fingerprint density at radius 1 is 1.32 bits per heavy atom. The molecule has 1 heterocycles. The summed E-state index contributed by atoms with van der Waals surface area (Å²) < 4.78 is 11.3. The average Bonchev–Trinajstić information content (AvgIpc) is 2.93. The Kier molecular flexibility index (Phi) is 5.69. The highest BCUT2D eigenvalue weighted by Crippen LogP contribution is 2.21. The molecule has 5 heteroatoms. The fraction of sp³-hybridized carbons (Fsp3) is 0.357. The first-order valence-electron chi connectivity index (χ1n) is 6.35. The quantitative estimate of drug-likeness (QED) is 0.798. The Balaban J connectivity index is 1.83. The van der Waals surface area contributed by atoms with Gasteiger partial charge in [-0.05, 0) is 0 Å². The third kappa shape index (κ3) is 4.53. The number of nitrogens with zero attached hydrogens (tertiary/aromatic N) is 1. The summed E-state index contributed by atoms with van der Waals surface area (Å²) in [5.41, 5.74) is 2.18. The van der Waals surface area contributed by atoms with Crippen LogP contribution in [0, 0.1) is 0 Å². The van der Waals surface area contributed by atoms with Crippen LogP contribution in [-0.4, -0.2) is 27.2 Å². The van der Waals surface area contributed by atoms with E-state index in [-0.39, 0.29) is 0 Å². The summed E-state index contributed by atoms with van der Waals surface area (Å²) in [6.07, 6.45) is 0. The van der Waals surface area contributed by atoms with Crippen molar-refractivity contribution in [1.82, 2.24) is 10.3 Å². The van der Waals surface area contributed by atoms with Gasteiger partial charge in [0.15, 0.2) is 0 Å². The molecule has 0 radical (unpaired) electrons. The summed E-state index contributed by atoms with van der Waals surface area (Å²) >= 11 is 1.66. The molecule has 0 spiro atoms. The van der Waals surface area contributed by atoms with Gasteiger partial charge in [-0.15, -0.1) is 11.3 Å². The lowest BCUT2D eigenvalue weighted by Crippen LogP contribution is -2.20. The van der Waals surface area contributed by atoms with E-state index in [4.69, 9.17) is 0 Å². The Hall–Kier alpha value is -1.04. The Morgan fingerprint density at radius 3 is 2.84 bits per heavy atom. The molecule has 1 aromatic heterocycles. The van der Waals surface area contributed by atoms with Crippen LogP contribution in [-0.2, 0) is 17.3 Å². The van der Waals surface area contributed by atoms with E-state index >= 15 is 0 Å². The summed E-state index contributed by atoms with van der Waals surface area (Å²) in [6, 6.07) is 10.2. The van der Waals surface area contributed by atoms with Gasteiger partial charge in [-0.3, -0.25) is 4.21 Å². The van der Waals surface area contributed by atoms with Gasteiger partial charge in [0.05, 0.1) is 5.69 Å². The fourth-order valence-corrected chi connectivity index (χ4v) is 3.09. The lowest BCUT2D eigenvalue weighted by atomic mass is 10.2. The molecule has 2 rings (SSSR count). The Bertz CT molecular complexity index is 525. The number of hydrogen-bond acceptors (Lipinski definition) is 4. The first kappa shape index (κ1) is 14.4. The molecular weight excluding hydrogens is 276 g/mol. The predicted molar refractivity (Wildman–Crippen MR) is 82.8 cm³/mol. The van der Waals surface area contributed by atoms with E-state index in [1.54, 1.807) is 11.3 Å². The van der Waals surface area contributed by atoms with E-state index in [0.717, 1.165) is 35.1 Å².